The molecule has 4 N–H and O–H groups in total. The second-order valence-corrected chi connectivity index (χ2v) is 6.10. The second kappa shape index (κ2) is 7.02. The molecule has 0 aliphatic carbocycles. The molecule has 0 amide bonds. The molecular weight excluding hydrogens is 288 g/mol. The van der Waals surface area contributed by atoms with Gasteiger partial charge in [0.25, 0.3) is 0 Å². The molecule has 1 atom stereocenters. The fraction of sp³-hybridized carbons (Fsp3) is 0.368. The van der Waals surface area contributed by atoms with Crippen molar-refractivity contribution in [3.05, 3.63) is 59.7 Å². The molecule has 0 aliphatic heterocycles. The van der Waals surface area contributed by atoms with E-state index in [1.54, 1.807) is 14.2 Å². The summed E-state index contributed by atoms with van der Waals surface area (Å²) >= 11 is 0. The van der Waals surface area contributed by atoms with Crippen molar-refractivity contribution >= 4 is 0 Å². The first kappa shape index (κ1) is 17.3. The SMILES string of the molecule is COc1ccc(C(N)(c2ccc(OC)cc2)[C@@H](N)C(C)C)cc1. The van der Waals surface area contributed by atoms with Crippen LogP contribution in [0.15, 0.2) is 48.5 Å². The van der Waals surface area contributed by atoms with Gasteiger partial charge >= 0.3 is 0 Å². The summed E-state index contributed by atoms with van der Waals surface area (Å²) in [5.41, 5.74) is 14.5. The topological polar surface area (TPSA) is 70.5 Å². The second-order valence-electron chi connectivity index (χ2n) is 6.10. The highest BCUT2D eigenvalue weighted by atomic mass is 16.5. The Morgan fingerprint density at radius 1 is 0.783 bits per heavy atom. The van der Waals surface area contributed by atoms with Crippen LogP contribution >= 0.6 is 0 Å². The van der Waals surface area contributed by atoms with Crippen LogP contribution in [0.4, 0.5) is 0 Å². The normalized spacial score (nSPS) is 13.0. The van der Waals surface area contributed by atoms with Crippen LogP contribution in [0.3, 0.4) is 0 Å². The van der Waals surface area contributed by atoms with Gasteiger partial charge in [0.2, 0.25) is 0 Å². The van der Waals surface area contributed by atoms with E-state index < -0.39 is 5.54 Å². The maximum absolute atomic E-state index is 6.86. The number of hydrogen-bond acceptors (Lipinski definition) is 4. The molecule has 0 aromatic heterocycles. The van der Waals surface area contributed by atoms with Crippen molar-refractivity contribution in [1.29, 1.82) is 0 Å². The molecule has 23 heavy (non-hydrogen) atoms. The zero-order valence-corrected chi connectivity index (χ0v) is 14.2. The van der Waals surface area contributed by atoms with Gasteiger partial charge in [0.1, 0.15) is 11.5 Å². The Balaban J connectivity index is 2.53. The first-order valence-electron chi connectivity index (χ1n) is 7.77. The Kier molecular flexibility index (Phi) is 5.29. The van der Waals surface area contributed by atoms with Gasteiger partial charge in [-0.2, -0.15) is 0 Å². The first-order valence-corrected chi connectivity index (χ1v) is 7.77. The molecule has 0 saturated heterocycles. The number of ether oxygens (including phenoxy) is 2. The van der Waals surface area contributed by atoms with E-state index in [4.69, 9.17) is 20.9 Å². The van der Waals surface area contributed by atoms with Gasteiger partial charge in [-0.15, -0.1) is 0 Å². The van der Waals surface area contributed by atoms with Gasteiger partial charge in [-0.25, -0.2) is 0 Å². The smallest absolute Gasteiger partial charge is 0.118 e. The predicted molar refractivity (Wildman–Crippen MR) is 93.8 cm³/mol. The maximum Gasteiger partial charge on any atom is 0.118 e. The molecule has 0 bridgehead atoms. The molecule has 2 aromatic carbocycles. The largest absolute Gasteiger partial charge is 0.497 e. The number of benzene rings is 2. The Labute approximate surface area is 138 Å². The summed E-state index contributed by atoms with van der Waals surface area (Å²) in [5.74, 6) is 1.82. The van der Waals surface area contributed by atoms with E-state index in [2.05, 4.69) is 13.8 Å². The zero-order valence-electron chi connectivity index (χ0n) is 14.2. The molecule has 2 aromatic rings. The summed E-state index contributed by atoms with van der Waals surface area (Å²) in [4.78, 5) is 0. The quantitative estimate of drug-likeness (QED) is 0.860. The lowest BCUT2D eigenvalue weighted by atomic mass is 9.74. The van der Waals surface area contributed by atoms with Crippen LogP contribution in [0.2, 0.25) is 0 Å². The van der Waals surface area contributed by atoms with Crippen molar-refractivity contribution in [3.63, 3.8) is 0 Å². The molecule has 0 fully saturated rings. The summed E-state index contributed by atoms with van der Waals surface area (Å²) < 4.78 is 10.5. The molecule has 0 aliphatic rings. The Bertz CT molecular complexity index is 573. The third-order valence-corrected chi connectivity index (χ3v) is 4.38. The monoisotopic (exact) mass is 314 g/mol. The molecule has 0 saturated carbocycles. The van der Waals surface area contributed by atoms with Crippen LogP contribution in [0.25, 0.3) is 0 Å². The van der Waals surface area contributed by atoms with Gasteiger partial charge in [-0.05, 0) is 41.3 Å². The Hall–Kier alpha value is -2.04. The summed E-state index contributed by atoms with van der Waals surface area (Å²) in [6, 6.07) is 15.3. The number of methoxy groups -OCH3 is 2. The molecule has 0 unspecified atom stereocenters. The lowest BCUT2D eigenvalue weighted by Crippen LogP contribution is -2.55. The van der Waals surface area contributed by atoms with E-state index in [1.165, 1.54) is 0 Å². The zero-order chi connectivity index (χ0) is 17.0. The van der Waals surface area contributed by atoms with Gasteiger partial charge in [0.15, 0.2) is 0 Å². The van der Waals surface area contributed by atoms with Crippen molar-refractivity contribution in [2.24, 2.45) is 17.4 Å². The van der Waals surface area contributed by atoms with Crippen molar-refractivity contribution < 1.29 is 9.47 Å². The Morgan fingerprint density at radius 3 is 1.39 bits per heavy atom. The highest BCUT2D eigenvalue weighted by Gasteiger charge is 2.38. The molecule has 124 valence electrons. The maximum atomic E-state index is 6.86. The minimum atomic E-state index is -0.785. The summed E-state index contributed by atoms with van der Waals surface area (Å²) in [6.07, 6.45) is 0. The molecule has 4 heteroatoms. The third kappa shape index (κ3) is 3.33. The van der Waals surface area contributed by atoms with E-state index in [-0.39, 0.29) is 12.0 Å². The fourth-order valence-electron chi connectivity index (χ4n) is 2.81. The van der Waals surface area contributed by atoms with Gasteiger partial charge in [0.05, 0.1) is 19.8 Å². The van der Waals surface area contributed by atoms with Crippen LogP contribution in [-0.2, 0) is 5.54 Å². The van der Waals surface area contributed by atoms with Gasteiger partial charge in [0, 0.05) is 6.04 Å². The number of rotatable bonds is 6. The lowest BCUT2D eigenvalue weighted by molar-refractivity contribution is 0.336. The van der Waals surface area contributed by atoms with Gasteiger partial charge in [-0.1, -0.05) is 38.1 Å². The predicted octanol–water partition coefficient (Wildman–Crippen LogP) is 2.89. The molecule has 4 nitrogen and oxygen atoms in total. The summed E-state index contributed by atoms with van der Waals surface area (Å²) in [7, 11) is 3.29. The number of hydrogen-bond donors (Lipinski definition) is 2. The van der Waals surface area contributed by atoms with Crippen LogP contribution < -0.4 is 20.9 Å². The average Bonchev–Trinajstić information content (AvgIpc) is 2.60. The van der Waals surface area contributed by atoms with E-state index in [0.29, 0.717) is 0 Å². The highest BCUT2D eigenvalue weighted by molar-refractivity contribution is 5.44. The highest BCUT2D eigenvalue weighted by Crippen LogP contribution is 2.34. The summed E-state index contributed by atoms with van der Waals surface area (Å²) in [5, 5.41) is 0. The standard InChI is InChI=1S/C19H26N2O2/c1-13(2)18(20)19(21,14-5-9-16(22-3)10-6-14)15-7-11-17(23-4)12-8-15/h5-13,18H,20-21H2,1-4H3/t18-/m0/s1. The molecule has 2 rings (SSSR count). The van der Waals surface area contributed by atoms with Crippen molar-refractivity contribution in [1.82, 2.24) is 0 Å². The fourth-order valence-corrected chi connectivity index (χ4v) is 2.81. The van der Waals surface area contributed by atoms with Crippen LogP contribution in [0.5, 0.6) is 11.5 Å². The van der Waals surface area contributed by atoms with Crippen LogP contribution in [0, 0.1) is 5.92 Å². The summed E-state index contributed by atoms with van der Waals surface area (Å²) in [6.45, 7) is 4.17. The van der Waals surface area contributed by atoms with E-state index >= 15 is 0 Å². The average molecular weight is 314 g/mol. The van der Waals surface area contributed by atoms with E-state index in [0.717, 1.165) is 22.6 Å². The van der Waals surface area contributed by atoms with Gasteiger partial charge in [-0.3, -0.25) is 0 Å². The Morgan fingerprint density at radius 2 is 1.13 bits per heavy atom. The van der Waals surface area contributed by atoms with E-state index in [1.807, 2.05) is 48.5 Å². The molecule has 0 radical (unpaired) electrons. The third-order valence-electron chi connectivity index (χ3n) is 4.38. The van der Waals surface area contributed by atoms with Crippen molar-refractivity contribution in [3.8, 4) is 11.5 Å². The lowest BCUT2D eigenvalue weighted by Gasteiger charge is -2.38. The van der Waals surface area contributed by atoms with Crippen molar-refractivity contribution in [2.75, 3.05) is 14.2 Å². The van der Waals surface area contributed by atoms with Crippen LogP contribution in [0.1, 0.15) is 25.0 Å². The molecule has 0 spiro atoms. The van der Waals surface area contributed by atoms with E-state index in [9.17, 15) is 0 Å². The number of nitrogens with two attached hydrogens (primary N) is 2. The molecule has 0 heterocycles. The molecular formula is C19H26N2O2. The minimum Gasteiger partial charge on any atom is -0.497 e. The van der Waals surface area contributed by atoms with Crippen molar-refractivity contribution in [2.45, 2.75) is 25.4 Å². The minimum absolute atomic E-state index is 0.226. The van der Waals surface area contributed by atoms with Gasteiger partial charge < -0.3 is 20.9 Å². The first-order chi connectivity index (χ1) is 10.9. The van der Waals surface area contributed by atoms with Crippen LogP contribution in [-0.4, -0.2) is 20.3 Å².